The number of ether oxygens (including phenoxy) is 2. The normalized spacial score (nSPS) is 10.7. The van der Waals surface area contributed by atoms with E-state index in [9.17, 15) is 9.59 Å². The van der Waals surface area contributed by atoms with Crippen LogP contribution in [0, 0.1) is 5.92 Å². The van der Waals surface area contributed by atoms with Gasteiger partial charge in [0.05, 0.1) is 12.2 Å². The average Bonchev–Trinajstić information content (AvgIpc) is 2.75. The second kappa shape index (κ2) is 10.1. The van der Waals surface area contributed by atoms with Gasteiger partial charge in [-0.3, -0.25) is 20.4 Å². The number of fused-ring (bicyclic) bond motifs is 1. The molecule has 0 aromatic heterocycles. The molecule has 0 spiro atoms. The Kier molecular flexibility index (Phi) is 7.30. The van der Waals surface area contributed by atoms with Crippen molar-refractivity contribution < 1.29 is 19.1 Å². The second-order valence-corrected chi connectivity index (χ2v) is 8.03. The molecule has 30 heavy (non-hydrogen) atoms. The number of hydrogen-bond donors (Lipinski definition) is 2. The van der Waals surface area contributed by atoms with E-state index >= 15 is 0 Å². The van der Waals surface area contributed by atoms with E-state index in [1.165, 1.54) is 0 Å². The Bertz CT molecular complexity index is 1050. The molecule has 0 radical (unpaired) electrons. The molecule has 0 unspecified atom stereocenters. The molecule has 0 saturated carbocycles. The summed E-state index contributed by atoms with van der Waals surface area (Å²) in [7, 11) is 0. The van der Waals surface area contributed by atoms with Crippen LogP contribution in [-0.4, -0.2) is 25.0 Å². The Morgan fingerprint density at radius 3 is 2.50 bits per heavy atom. The van der Waals surface area contributed by atoms with Crippen LogP contribution in [-0.2, 0) is 4.79 Å². The molecule has 0 aliphatic rings. The van der Waals surface area contributed by atoms with Gasteiger partial charge in [-0.15, -0.1) is 0 Å². The predicted octanol–water partition coefficient (Wildman–Crippen LogP) is 4.48. The molecule has 0 aliphatic carbocycles. The van der Waals surface area contributed by atoms with Crippen molar-refractivity contribution in [2.24, 2.45) is 5.92 Å². The van der Waals surface area contributed by atoms with Crippen LogP contribution in [0.1, 0.15) is 24.2 Å². The van der Waals surface area contributed by atoms with Gasteiger partial charge in [0.2, 0.25) is 0 Å². The van der Waals surface area contributed by atoms with Gasteiger partial charge in [-0.1, -0.05) is 66.2 Å². The number of carbonyl (C=O) groups is 2. The molecule has 3 aromatic carbocycles. The highest BCUT2D eigenvalue weighted by Crippen LogP contribution is 2.25. The molecule has 0 fully saturated rings. The summed E-state index contributed by atoms with van der Waals surface area (Å²) in [5.74, 6) is 0.413. The number of rotatable bonds is 7. The minimum atomic E-state index is -0.478. The van der Waals surface area contributed by atoms with Crippen LogP contribution in [0.25, 0.3) is 10.8 Å². The van der Waals surface area contributed by atoms with Gasteiger partial charge in [0.25, 0.3) is 11.8 Å². The lowest BCUT2D eigenvalue weighted by Crippen LogP contribution is -2.44. The summed E-state index contributed by atoms with van der Waals surface area (Å²) < 4.78 is 12.1. The summed E-state index contributed by atoms with van der Waals surface area (Å²) >= 11 is 3.35. The predicted molar refractivity (Wildman–Crippen MR) is 120 cm³/mol. The fourth-order valence-electron chi connectivity index (χ4n) is 2.76. The van der Waals surface area contributed by atoms with Crippen molar-refractivity contribution in [2.45, 2.75) is 13.8 Å². The van der Waals surface area contributed by atoms with Crippen molar-refractivity contribution in [3.8, 4) is 11.5 Å². The maximum absolute atomic E-state index is 12.5. The third kappa shape index (κ3) is 5.73. The topological polar surface area (TPSA) is 76.7 Å². The van der Waals surface area contributed by atoms with E-state index in [2.05, 4.69) is 26.8 Å². The minimum Gasteiger partial charge on any atom is -0.492 e. The molecule has 0 atom stereocenters. The molecule has 3 rings (SSSR count). The molecule has 0 bridgehead atoms. The van der Waals surface area contributed by atoms with E-state index in [4.69, 9.17) is 9.47 Å². The van der Waals surface area contributed by atoms with Gasteiger partial charge in [0.15, 0.2) is 6.61 Å². The summed E-state index contributed by atoms with van der Waals surface area (Å²) in [5.41, 5.74) is 5.10. The summed E-state index contributed by atoms with van der Waals surface area (Å²) in [4.78, 5) is 24.7. The Labute approximate surface area is 183 Å². The number of carbonyl (C=O) groups excluding carboxylic acids is 2. The maximum atomic E-state index is 12.5. The van der Waals surface area contributed by atoms with Gasteiger partial charge in [0.1, 0.15) is 11.5 Å². The number of amides is 2. The molecule has 6 nitrogen and oxygen atoms in total. The first-order chi connectivity index (χ1) is 14.4. The minimum absolute atomic E-state index is 0.233. The van der Waals surface area contributed by atoms with Crippen molar-refractivity contribution >= 4 is 38.5 Å². The quantitative estimate of drug-likeness (QED) is 0.499. The molecule has 7 heteroatoms. The van der Waals surface area contributed by atoms with Crippen LogP contribution >= 0.6 is 15.9 Å². The van der Waals surface area contributed by atoms with E-state index in [1.807, 2.05) is 50.2 Å². The molecule has 156 valence electrons. The number of nitrogens with one attached hydrogen (secondary N) is 2. The van der Waals surface area contributed by atoms with Crippen LogP contribution in [0.4, 0.5) is 0 Å². The number of hydrazine groups is 1. The monoisotopic (exact) mass is 470 g/mol. The fourth-order valence-corrected chi connectivity index (χ4v) is 3.12. The SMILES string of the molecule is CC(C)COc1ccc(Br)cc1C(=O)NNC(=O)COc1cccc2ccccc12. The molecular weight excluding hydrogens is 448 g/mol. The smallest absolute Gasteiger partial charge is 0.276 e. The number of benzene rings is 3. The van der Waals surface area contributed by atoms with Gasteiger partial charge in [0, 0.05) is 9.86 Å². The van der Waals surface area contributed by atoms with E-state index in [0.29, 0.717) is 29.6 Å². The Morgan fingerprint density at radius 2 is 1.70 bits per heavy atom. The lowest BCUT2D eigenvalue weighted by atomic mass is 10.1. The van der Waals surface area contributed by atoms with Crippen molar-refractivity contribution in [2.75, 3.05) is 13.2 Å². The van der Waals surface area contributed by atoms with Crippen molar-refractivity contribution in [3.05, 3.63) is 70.7 Å². The second-order valence-electron chi connectivity index (χ2n) is 7.11. The zero-order valence-corrected chi connectivity index (χ0v) is 18.4. The first-order valence-electron chi connectivity index (χ1n) is 9.56. The maximum Gasteiger partial charge on any atom is 0.276 e. The van der Waals surface area contributed by atoms with Crippen LogP contribution in [0.2, 0.25) is 0 Å². The molecule has 2 N–H and O–H groups in total. The van der Waals surface area contributed by atoms with E-state index in [0.717, 1.165) is 15.2 Å². The Balaban J connectivity index is 1.58. The molecular formula is C23H23BrN2O4. The molecule has 0 aliphatic heterocycles. The van der Waals surface area contributed by atoms with Crippen LogP contribution in [0.15, 0.2) is 65.1 Å². The first kappa shape index (κ1) is 21.6. The van der Waals surface area contributed by atoms with Crippen LogP contribution in [0.3, 0.4) is 0 Å². The van der Waals surface area contributed by atoms with Crippen molar-refractivity contribution in [1.29, 1.82) is 0 Å². The van der Waals surface area contributed by atoms with Gasteiger partial charge in [-0.2, -0.15) is 0 Å². The summed E-state index contributed by atoms with van der Waals surface area (Å²) in [6.07, 6.45) is 0. The van der Waals surface area contributed by atoms with Crippen molar-refractivity contribution in [1.82, 2.24) is 10.9 Å². The van der Waals surface area contributed by atoms with E-state index < -0.39 is 11.8 Å². The third-order valence-electron chi connectivity index (χ3n) is 4.18. The van der Waals surface area contributed by atoms with E-state index in [-0.39, 0.29) is 6.61 Å². The number of halogens is 1. The summed E-state index contributed by atoms with van der Waals surface area (Å²) in [6.45, 7) is 4.29. The summed E-state index contributed by atoms with van der Waals surface area (Å²) in [6, 6.07) is 18.5. The highest BCUT2D eigenvalue weighted by atomic mass is 79.9. The fraction of sp³-hybridized carbons (Fsp3) is 0.217. The Hall–Kier alpha value is -3.06. The standard InChI is InChI=1S/C23H23BrN2O4/c1-15(2)13-29-21-11-10-17(24)12-19(21)23(28)26-25-22(27)14-30-20-9-5-7-16-6-3-4-8-18(16)20/h3-12,15H,13-14H2,1-2H3,(H,25,27)(H,26,28). The highest BCUT2D eigenvalue weighted by molar-refractivity contribution is 9.10. The lowest BCUT2D eigenvalue weighted by Gasteiger charge is -2.14. The van der Waals surface area contributed by atoms with Gasteiger partial charge < -0.3 is 9.47 Å². The van der Waals surface area contributed by atoms with Crippen molar-refractivity contribution in [3.63, 3.8) is 0 Å². The molecule has 2 amide bonds. The largest absolute Gasteiger partial charge is 0.492 e. The van der Waals surface area contributed by atoms with E-state index in [1.54, 1.807) is 24.3 Å². The first-order valence-corrected chi connectivity index (χ1v) is 10.4. The lowest BCUT2D eigenvalue weighted by molar-refractivity contribution is -0.123. The highest BCUT2D eigenvalue weighted by Gasteiger charge is 2.15. The van der Waals surface area contributed by atoms with Gasteiger partial charge in [-0.05, 0) is 35.6 Å². The van der Waals surface area contributed by atoms with Gasteiger partial charge >= 0.3 is 0 Å². The Morgan fingerprint density at radius 1 is 0.933 bits per heavy atom. The van der Waals surface area contributed by atoms with Crippen LogP contribution in [0.5, 0.6) is 11.5 Å². The third-order valence-corrected chi connectivity index (χ3v) is 4.68. The zero-order valence-electron chi connectivity index (χ0n) is 16.8. The number of hydrogen-bond acceptors (Lipinski definition) is 4. The average molecular weight is 471 g/mol. The summed E-state index contributed by atoms with van der Waals surface area (Å²) in [5, 5.41) is 1.94. The van der Waals surface area contributed by atoms with Gasteiger partial charge in [-0.25, -0.2) is 0 Å². The molecule has 0 saturated heterocycles. The molecule has 0 heterocycles. The van der Waals surface area contributed by atoms with Crippen LogP contribution < -0.4 is 20.3 Å². The molecule has 3 aromatic rings. The zero-order chi connectivity index (χ0) is 21.5.